The average Bonchev–Trinajstić information content (AvgIpc) is 2.36. The maximum atomic E-state index is 11.0. The number of nitrogens with one attached hydrogen (secondary N) is 1. The number of nitro groups is 1. The van der Waals surface area contributed by atoms with Gasteiger partial charge < -0.3 is 5.32 Å². The molecule has 0 aliphatic carbocycles. The van der Waals surface area contributed by atoms with Gasteiger partial charge in [0, 0.05) is 22.6 Å². The van der Waals surface area contributed by atoms with Crippen LogP contribution < -0.4 is 5.32 Å². The molecule has 0 aliphatic heterocycles. The topological polar surface area (TPSA) is 55.2 Å². The van der Waals surface area contributed by atoms with Crippen LogP contribution in [0.25, 0.3) is 0 Å². The Kier molecular flexibility index (Phi) is 4.63. The van der Waals surface area contributed by atoms with Gasteiger partial charge in [0.15, 0.2) is 0 Å². The van der Waals surface area contributed by atoms with E-state index in [1.807, 2.05) is 0 Å². The Balaban J connectivity index is 2.23. The highest BCUT2D eigenvalue weighted by atomic mass is 79.9. The van der Waals surface area contributed by atoms with E-state index in [-0.39, 0.29) is 10.6 Å². The number of halogens is 1. The van der Waals surface area contributed by atoms with Crippen LogP contribution >= 0.6 is 15.9 Å². The second kappa shape index (κ2) is 6.26. The van der Waals surface area contributed by atoms with Crippen molar-refractivity contribution in [2.45, 2.75) is 27.3 Å². The molecular formula is C16H17BrN2O2. The van der Waals surface area contributed by atoms with E-state index in [0.717, 1.165) is 15.7 Å². The predicted molar refractivity (Wildman–Crippen MR) is 88.8 cm³/mol. The highest BCUT2D eigenvalue weighted by Crippen LogP contribution is 2.31. The van der Waals surface area contributed by atoms with Gasteiger partial charge in [-0.25, -0.2) is 0 Å². The molecule has 0 saturated heterocycles. The smallest absolute Gasteiger partial charge is 0.274 e. The van der Waals surface area contributed by atoms with Crippen molar-refractivity contribution in [2.75, 3.05) is 5.32 Å². The molecule has 0 aliphatic rings. The number of hydrogen-bond donors (Lipinski definition) is 1. The fourth-order valence-corrected chi connectivity index (χ4v) is 2.96. The molecule has 0 amide bonds. The Bertz CT molecular complexity index is 679. The lowest BCUT2D eigenvalue weighted by Crippen LogP contribution is -2.02. The maximum Gasteiger partial charge on any atom is 0.274 e. The number of nitro benzene ring substituents is 1. The van der Waals surface area contributed by atoms with Crippen molar-refractivity contribution in [3.8, 4) is 0 Å². The molecule has 1 N–H and O–H groups in total. The van der Waals surface area contributed by atoms with Crippen molar-refractivity contribution in [3.05, 3.63) is 67.2 Å². The van der Waals surface area contributed by atoms with Gasteiger partial charge in [-0.3, -0.25) is 10.1 Å². The summed E-state index contributed by atoms with van der Waals surface area (Å²) in [7, 11) is 0. The molecule has 0 saturated carbocycles. The molecule has 110 valence electrons. The first-order valence-corrected chi connectivity index (χ1v) is 7.41. The minimum absolute atomic E-state index is 0.126. The summed E-state index contributed by atoms with van der Waals surface area (Å²) in [5.74, 6) is 0. The first-order chi connectivity index (χ1) is 9.86. The van der Waals surface area contributed by atoms with Gasteiger partial charge in [-0.15, -0.1) is 0 Å². The highest BCUT2D eigenvalue weighted by molar-refractivity contribution is 9.10. The van der Waals surface area contributed by atoms with E-state index in [0.29, 0.717) is 12.1 Å². The fourth-order valence-electron chi connectivity index (χ4n) is 2.36. The van der Waals surface area contributed by atoms with E-state index >= 15 is 0 Å². The van der Waals surface area contributed by atoms with Gasteiger partial charge in [-0.2, -0.15) is 0 Å². The van der Waals surface area contributed by atoms with Crippen molar-refractivity contribution in [2.24, 2.45) is 0 Å². The molecule has 0 unspecified atom stereocenters. The summed E-state index contributed by atoms with van der Waals surface area (Å²) >= 11 is 3.45. The Hall–Kier alpha value is -1.88. The third-order valence-electron chi connectivity index (χ3n) is 3.25. The van der Waals surface area contributed by atoms with Crippen LogP contribution in [0.5, 0.6) is 0 Å². The Labute approximate surface area is 132 Å². The molecule has 21 heavy (non-hydrogen) atoms. The first kappa shape index (κ1) is 15.5. The lowest BCUT2D eigenvalue weighted by atomic mass is 10.1. The van der Waals surface area contributed by atoms with Crippen LogP contribution in [0, 0.1) is 30.9 Å². The van der Waals surface area contributed by atoms with Crippen LogP contribution in [0.4, 0.5) is 11.4 Å². The normalized spacial score (nSPS) is 10.5. The summed E-state index contributed by atoms with van der Waals surface area (Å²) in [6, 6.07) is 9.67. The molecule has 0 bridgehead atoms. The predicted octanol–water partition coefficient (Wildman–Crippen LogP) is 4.89. The van der Waals surface area contributed by atoms with E-state index in [2.05, 4.69) is 53.3 Å². The average molecular weight is 349 g/mol. The number of nitrogens with zero attached hydrogens (tertiary/aromatic N) is 1. The van der Waals surface area contributed by atoms with Crippen molar-refractivity contribution in [3.63, 3.8) is 0 Å². The summed E-state index contributed by atoms with van der Waals surface area (Å²) in [6.07, 6.45) is 0. The van der Waals surface area contributed by atoms with Gasteiger partial charge in [0.05, 0.1) is 10.6 Å². The van der Waals surface area contributed by atoms with E-state index in [4.69, 9.17) is 0 Å². The Morgan fingerprint density at radius 1 is 1.10 bits per heavy atom. The number of benzene rings is 2. The highest BCUT2D eigenvalue weighted by Gasteiger charge is 2.14. The summed E-state index contributed by atoms with van der Waals surface area (Å²) in [6.45, 7) is 6.48. The monoisotopic (exact) mass is 348 g/mol. The van der Waals surface area contributed by atoms with Gasteiger partial charge in [0.1, 0.15) is 0 Å². The molecule has 0 fully saturated rings. The summed E-state index contributed by atoms with van der Waals surface area (Å²) in [5, 5.41) is 14.3. The lowest BCUT2D eigenvalue weighted by molar-refractivity contribution is -0.385. The van der Waals surface area contributed by atoms with Crippen molar-refractivity contribution < 1.29 is 4.92 Å². The van der Waals surface area contributed by atoms with E-state index in [1.165, 1.54) is 11.1 Å². The number of rotatable bonds is 4. The Morgan fingerprint density at radius 2 is 1.71 bits per heavy atom. The quantitative estimate of drug-likeness (QED) is 0.631. The zero-order valence-corrected chi connectivity index (χ0v) is 13.8. The molecule has 0 radical (unpaired) electrons. The van der Waals surface area contributed by atoms with Gasteiger partial charge >= 0.3 is 0 Å². The van der Waals surface area contributed by atoms with Gasteiger partial charge in [-0.1, -0.05) is 29.3 Å². The summed E-state index contributed by atoms with van der Waals surface area (Å²) in [4.78, 5) is 10.7. The molecule has 2 aromatic carbocycles. The maximum absolute atomic E-state index is 11.0. The van der Waals surface area contributed by atoms with Crippen molar-refractivity contribution >= 4 is 27.3 Å². The molecule has 0 spiro atoms. The van der Waals surface area contributed by atoms with Crippen LogP contribution in [-0.4, -0.2) is 4.92 Å². The first-order valence-electron chi connectivity index (χ1n) is 6.62. The molecular weight excluding hydrogens is 332 g/mol. The summed E-state index contributed by atoms with van der Waals surface area (Å²) < 4.78 is 0.829. The molecule has 2 rings (SSSR count). The molecule has 2 aromatic rings. The van der Waals surface area contributed by atoms with Gasteiger partial charge in [0.25, 0.3) is 5.69 Å². The second-order valence-electron chi connectivity index (χ2n) is 5.23. The zero-order valence-electron chi connectivity index (χ0n) is 12.2. The lowest BCUT2D eigenvalue weighted by Gasteiger charge is -2.11. The third kappa shape index (κ3) is 3.82. The second-order valence-corrected chi connectivity index (χ2v) is 6.08. The van der Waals surface area contributed by atoms with Crippen LogP contribution in [0.15, 0.2) is 34.8 Å². The van der Waals surface area contributed by atoms with Crippen LogP contribution in [0.1, 0.15) is 22.3 Å². The van der Waals surface area contributed by atoms with E-state index < -0.39 is 0 Å². The SMILES string of the molecule is Cc1cc(C)cc(CNc2cc([N+](=O)[O-])c(C)cc2Br)c1. The number of hydrogen-bond acceptors (Lipinski definition) is 3. The molecule has 4 nitrogen and oxygen atoms in total. The number of anilines is 1. The molecule has 0 aromatic heterocycles. The molecule has 0 atom stereocenters. The summed E-state index contributed by atoms with van der Waals surface area (Å²) in [5.41, 5.74) is 5.07. The molecule has 0 heterocycles. The minimum atomic E-state index is -0.357. The largest absolute Gasteiger partial charge is 0.380 e. The third-order valence-corrected chi connectivity index (χ3v) is 3.90. The number of aryl methyl sites for hydroxylation is 3. The van der Waals surface area contributed by atoms with Crippen LogP contribution in [-0.2, 0) is 6.54 Å². The van der Waals surface area contributed by atoms with Gasteiger partial charge in [0.2, 0.25) is 0 Å². The van der Waals surface area contributed by atoms with Crippen LogP contribution in [0.3, 0.4) is 0 Å². The Morgan fingerprint density at radius 3 is 2.29 bits per heavy atom. The van der Waals surface area contributed by atoms with Crippen LogP contribution in [0.2, 0.25) is 0 Å². The zero-order chi connectivity index (χ0) is 15.6. The molecule has 5 heteroatoms. The van der Waals surface area contributed by atoms with Crippen molar-refractivity contribution in [1.82, 2.24) is 0 Å². The van der Waals surface area contributed by atoms with E-state index in [1.54, 1.807) is 19.1 Å². The van der Waals surface area contributed by atoms with Crippen molar-refractivity contribution in [1.29, 1.82) is 0 Å². The van der Waals surface area contributed by atoms with E-state index in [9.17, 15) is 10.1 Å². The van der Waals surface area contributed by atoms with Gasteiger partial charge in [-0.05, 0) is 48.3 Å². The minimum Gasteiger partial charge on any atom is -0.380 e. The standard InChI is InChI=1S/C16H17BrN2O2/c1-10-4-11(2)6-13(5-10)9-18-15-8-16(19(20)21)12(3)7-14(15)17/h4-8,18H,9H2,1-3H3. The fraction of sp³-hybridized carbons (Fsp3) is 0.250.